The molecule has 45 heavy (non-hydrogen) atoms. The van der Waals surface area contributed by atoms with Crippen LogP contribution >= 0.6 is 11.6 Å². The number of ether oxygens (including phenoxy) is 3. The third kappa shape index (κ3) is 7.00. The van der Waals surface area contributed by atoms with Gasteiger partial charge in [-0.05, 0) is 60.0 Å². The first-order valence-corrected chi connectivity index (χ1v) is 14.0. The van der Waals surface area contributed by atoms with Crippen molar-refractivity contribution in [3.8, 4) is 28.0 Å². The predicted molar refractivity (Wildman–Crippen MR) is 151 cm³/mol. The number of hydrogen-bond acceptors (Lipinski definition) is 3. The Morgan fingerprint density at radius 3 is 1.89 bits per heavy atom. The van der Waals surface area contributed by atoms with Gasteiger partial charge in [0.25, 0.3) is 0 Å². The van der Waals surface area contributed by atoms with Gasteiger partial charge >= 0.3 is 6.11 Å². The Hall–Kier alpha value is -3.93. The Bertz CT molecular complexity index is 1710. The summed E-state index contributed by atoms with van der Waals surface area (Å²) in [7, 11) is 0. The van der Waals surface area contributed by atoms with Crippen molar-refractivity contribution in [2.24, 2.45) is 5.92 Å². The van der Waals surface area contributed by atoms with Crippen LogP contribution in [0.3, 0.4) is 0 Å². The summed E-state index contributed by atoms with van der Waals surface area (Å²) in [5.41, 5.74) is -2.52. The normalized spacial score (nSPS) is 17.2. The standard InChI is InChI=1S/C33H23ClF8O3/c1-2-3-4-17-15-43-32(44-16-17)20-12-26(37)30(27(38)13-20)33(41,42)45-21-6-8-22(25(36)14-21)18-5-7-23(24(35)9-18)19-10-28(39)31(34)29(40)11-19/h3-14,17,32H,2,15-16H2,1H3/b4-3+. The molecule has 1 saturated heterocycles. The molecule has 0 saturated carbocycles. The third-order valence-corrected chi connectivity index (χ3v) is 7.32. The maximum atomic E-state index is 15.0. The molecule has 0 aliphatic carbocycles. The first-order chi connectivity index (χ1) is 21.4. The van der Waals surface area contributed by atoms with E-state index in [1.807, 2.05) is 19.1 Å². The van der Waals surface area contributed by atoms with E-state index >= 15 is 0 Å². The van der Waals surface area contributed by atoms with E-state index in [-0.39, 0.29) is 46.9 Å². The molecule has 0 bridgehead atoms. The smallest absolute Gasteiger partial charge is 0.429 e. The summed E-state index contributed by atoms with van der Waals surface area (Å²) in [4.78, 5) is 0. The van der Waals surface area contributed by atoms with Gasteiger partial charge in [0.15, 0.2) is 6.29 Å². The molecule has 1 aliphatic rings. The summed E-state index contributed by atoms with van der Waals surface area (Å²) in [5.74, 6) is -8.43. The van der Waals surface area contributed by atoms with Gasteiger partial charge in [-0.3, -0.25) is 0 Å². The second-order valence-corrected chi connectivity index (χ2v) is 10.5. The largest absolute Gasteiger partial charge is 0.432 e. The van der Waals surface area contributed by atoms with Gasteiger partial charge in [0.1, 0.15) is 51.2 Å². The van der Waals surface area contributed by atoms with Gasteiger partial charge in [-0.15, -0.1) is 0 Å². The zero-order valence-electron chi connectivity index (χ0n) is 23.3. The average molecular weight is 655 g/mol. The lowest BCUT2D eigenvalue weighted by Gasteiger charge is -2.28. The molecule has 0 spiro atoms. The fourth-order valence-corrected chi connectivity index (χ4v) is 4.89. The lowest BCUT2D eigenvalue weighted by Crippen LogP contribution is -2.28. The fraction of sp³-hybridized carbons (Fsp3) is 0.212. The molecule has 0 atom stereocenters. The number of alkyl halides is 2. The molecular weight excluding hydrogens is 632 g/mol. The van der Waals surface area contributed by atoms with Crippen molar-refractivity contribution >= 4 is 11.6 Å². The molecule has 0 aromatic heterocycles. The van der Waals surface area contributed by atoms with Crippen molar-refractivity contribution < 1.29 is 49.3 Å². The highest BCUT2D eigenvalue weighted by atomic mass is 35.5. The fourth-order valence-electron chi connectivity index (χ4n) is 4.78. The highest BCUT2D eigenvalue weighted by Gasteiger charge is 2.42. The summed E-state index contributed by atoms with van der Waals surface area (Å²) < 4.78 is 133. The molecule has 0 unspecified atom stereocenters. The lowest BCUT2D eigenvalue weighted by atomic mass is 9.99. The van der Waals surface area contributed by atoms with Crippen LogP contribution in [0.2, 0.25) is 5.02 Å². The van der Waals surface area contributed by atoms with Gasteiger partial charge in [-0.1, -0.05) is 42.8 Å². The van der Waals surface area contributed by atoms with E-state index in [0.29, 0.717) is 18.2 Å². The number of allylic oxidation sites excluding steroid dienone is 1. The van der Waals surface area contributed by atoms with E-state index in [1.54, 1.807) is 0 Å². The predicted octanol–water partition coefficient (Wildman–Crippen LogP) is 10.3. The maximum Gasteiger partial charge on any atom is 0.432 e. The molecule has 236 valence electrons. The summed E-state index contributed by atoms with van der Waals surface area (Å²) in [6, 6.07) is 8.65. The van der Waals surface area contributed by atoms with E-state index < -0.39 is 63.6 Å². The Morgan fingerprint density at radius 1 is 0.756 bits per heavy atom. The van der Waals surface area contributed by atoms with Crippen molar-refractivity contribution in [1.82, 2.24) is 0 Å². The Morgan fingerprint density at radius 2 is 1.31 bits per heavy atom. The van der Waals surface area contributed by atoms with Crippen LogP contribution < -0.4 is 4.74 Å². The number of rotatable bonds is 8. The molecule has 0 radical (unpaired) electrons. The van der Waals surface area contributed by atoms with Gasteiger partial charge in [-0.2, -0.15) is 8.78 Å². The summed E-state index contributed by atoms with van der Waals surface area (Å²) in [6.45, 7) is 2.35. The zero-order chi connectivity index (χ0) is 32.5. The Labute approximate surface area is 257 Å². The molecule has 3 nitrogen and oxygen atoms in total. The minimum absolute atomic E-state index is 0.0468. The topological polar surface area (TPSA) is 27.7 Å². The summed E-state index contributed by atoms with van der Waals surface area (Å²) in [6.07, 6.45) is -1.13. The number of halogens is 9. The van der Waals surface area contributed by atoms with Crippen molar-refractivity contribution in [2.45, 2.75) is 25.7 Å². The lowest BCUT2D eigenvalue weighted by molar-refractivity contribution is -0.198. The van der Waals surface area contributed by atoms with E-state index in [4.69, 9.17) is 21.1 Å². The van der Waals surface area contributed by atoms with Crippen LogP contribution in [-0.2, 0) is 15.6 Å². The minimum Gasteiger partial charge on any atom is -0.429 e. The molecule has 5 rings (SSSR count). The van der Waals surface area contributed by atoms with Crippen molar-refractivity contribution in [2.75, 3.05) is 13.2 Å². The molecule has 0 amide bonds. The van der Waals surface area contributed by atoms with Gasteiger partial charge in [0.05, 0.1) is 13.2 Å². The summed E-state index contributed by atoms with van der Waals surface area (Å²) >= 11 is 5.46. The SMILES string of the molecule is CC/C=C/C1COC(c2cc(F)c(C(F)(F)Oc3ccc(-c4ccc(-c5cc(F)c(Cl)c(F)c5)c(F)c4)c(F)c3)c(F)c2)OC1. The number of benzene rings is 4. The molecule has 12 heteroatoms. The van der Waals surface area contributed by atoms with Gasteiger partial charge < -0.3 is 14.2 Å². The second kappa shape index (κ2) is 13.2. The van der Waals surface area contributed by atoms with E-state index in [0.717, 1.165) is 42.8 Å². The first-order valence-electron chi connectivity index (χ1n) is 13.6. The average Bonchev–Trinajstić information content (AvgIpc) is 2.98. The van der Waals surface area contributed by atoms with Crippen molar-refractivity contribution in [1.29, 1.82) is 0 Å². The van der Waals surface area contributed by atoms with Crippen LogP contribution in [-0.4, -0.2) is 13.2 Å². The molecular formula is C33H23ClF8O3. The van der Waals surface area contributed by atoms with Crippen molar-refractivity contribution in [3.05, 3.63) is 124 Å². The Kier molecular flexibility index (Phi) is 9.52. The molecule has 4 aromatic rings. The van der Waals surface area contributed by atoms with E-state index in [9.17, 15) is 35.1 Å². The van der Waals surface area contributed by atoms with E-state index in [2.05, 4.69) is 4.74 Å². The highest BCUT2D eigenvalue weighted by molar-refractivity contribution is 6.31. The second-order valence-electron chi connectivity index (χ2n) is 10.2. The Balaban J connectivity index is 1.33. The molecule has 1 aliphatic heterocycles. The molecule has 1 heterocycles. The van der Waals surface area contributed by atoms with Crippen LogP contribution in [0.1, 0.15) is 30.8 Å². The first kappa shape index (κ1) is 32.5. The molecule has 1 fully saturated rings. The quantitative estimate of drug-likeness (QED) is 0.108. The van der Waals surface area contributed by atoms with Crippen LogP contribution in [0.15, 0.2) is 72.8 Å². The highest BCUT2D eigenvalue weighted by Crippen LogP contribution is 2.39. The van der Waals surface area contributed by atoms with Crippen LogP contribution in [0.4, 0.5) is 35.1 Å². The van der Waals surface area contributed by atoms with E-state index in [1.165, 1.54) is 6.07 Å². The van der Waals surface area contributed by atoms with Gasteiger partial charge in [0.2, 0.25) is 0 Å². The number of hydrogen-bond donors (Lipinski definition) is 0. The molecule has 0 N–H and O–H groups in total. The van der Waals surface area contributed by atoms with Gasteiger partial charge in [0, 0.05) is 28.7 Å². The van der Waals surface area contributed by atoms with Crippen LogP contribution in [0, 0.1) is 40.8 Å². The van der Waals surface area contributed by atoms with Gasteiger partial charge in [-0.25, -0.2) is 26.3 Å². The molecule has 4 aromatic carbocycles. The summed E-state index contributed by atoms with van der Waals surface area (Å²) in [5, 5.41) is -0.759. The maximum absolute atomic E-state index is 15.0. The van der Waals surface area contributed by atoms with Crippen molar-refractivity contribution in [3.63, 3.8) is 0 Å². The monoisotopic (exact) mass is 654 g/mol. The van der Waals surface area contributed by atoms with Crippen LogP contribution in [0.5, 0.6) is 5.75 Å². The van der Waals surface area contributed by atoms with Crippen LogP contribution in [0.25, 0.3) is 22.3 Å². The zero-order valence-corrected chi connectivity index (χ0v) is 24.1. The minimum atomic E-state index is -4.57. The third-order valence-electron chi connectivity index (χ3n) is 6.96.